The molecular formula is C26H31F4N7O2S. The van der Waals surface area contributed by atoms with E-state index in [1.54, 1.807) is 37.3 Å². The maximum absolute atomic E-state index is 13.5. The third-order valence-corrected chi connectivity index (χ3v) is 8.49. The Kier molecular flexibility index (Phi) is 9.23. The highest BCUT2D eigenvalue weighted by Crippen LogP contribution is 2.27. The van der Waals surface area contributed by atoms with Gasteiger partial charge < -0.3 is 16.4 Å². The second-order valence-electron chi connectivity index (χ2n) is 9.53. The fraction of sp³-hybridized carbons (Fsp3) is 0.385. The van der Waals surface area contributed by atoms with Crippen LogP contribution in [0.4, 0.5) is 40.7 Å². The second kappa shape index (κ2) is 12.5. The van der Waals surface area contributed by atoms with Crippen molar-refractivity contribution in [3.05, 3.63) is 66.1 Å². The number of nitrogens with zero attached hydrogens (tertiary/aromatic N) is 4. The Hall–Kier alpha value is -3.33. The van der Waals surface area contributed by atoms with E-state index in [-0.39, 0.29) is 55.7 Å². The van der Waals surface area contributed by atoms with Crippen molar-refractivity contribution in [2.24, 2.45) is 5.73 Å². The molecule has 9 nitrogen and oxygen atoms in total. The summed E-state index contributed by atoms with van der Waals surface area (Å²) in [5.41, 5.74) is 7.39. The number of nitrogens with two attached hydrogens (primary N) is 1. The fourth-order valence-corrected chi connectivity index (χ4v) is 6.28. The third kappa shape index (κ3) is 7.65. The Balaban J connectivity index is 1.42. The molecule has 0 amide bonds. The molecule has 0 saturated carbocycles. The molecule has 216 valence electrons. The molecule has 1 aliphatic rings. The zero-order valence-corrected chi connectivity index (χ0v) is 22.6. The first-order valence-corrected chi connectivity index (χ1v) is 14.1. The number of hydrogen-bond donors (Lipinski definition) is 3. The summed E-state index contributed by atoms with van der Waals surface area (Å²) in [5.74, 6) is 0.426. The van der Waals surface area contributed by atoms with E-state index in [1.165, 1.54) is 33.6 Å². The summed E-state index contributed by atoms with van der Waals surface area (Å²) < 4.78 is 80.0. The van der Waals surface area contributed by atoms with Crippen LogP contribution in [-0.2, 0) is 10.0 Å². The number of halogens is 4. The number of likely N-dealkylation sites (tertiary alicyclic amines) is 1. The van der Waals surface area contributed by atoms with Crippen molar-refractivity contribution in [1.82, 2.24) is 19.2 Å². The maximum atomic E-state index is 13.5. The Labute approximate surface area is 230 Å². The van der Waals surface area contributed by atoms with Gasteiger partial charge >= 0.3 is 6.18 Å². The predicted molar refractivity (Wildman–Crippen MR) is 145 cm³/mol. The van der Waals surface area contributed by atoms with E-state index < -0.39 is 28.8 Å². The third-order valence-electron chi connectivity index (χ3n) is 6.52. The highest BCUT2D eigenvalue weighted by molar-refractivity contribution is 7.89. The van der Waals surface area contributed by atoms with Crippen LogP contribution < -0.4 is 16.4 Å². The first-order valence-electron chi connectivity index (χ1n) is 12.7. The lowest BCUT2D eigenvalue weighted by atomic mass is 10.1. The van der Waals surface area contributed by atoms with Gasteiger partial charge in [0.15, 0.2) is 0 Å². The summed E-state index contributed by atoms with van der Waals surface area (Å²) in [7, 11) is -3.94. The van der Waals surface area contributed by atoms with E-state index in [4.69, 9.17) is 5.73 Å². The zero-order chi connectivity index (χ0) is 28.9. The molecule has 0 atom stereocenters. The molecule has 2 heterocycles. The minimum Gasteiger partial charge on any atom is -0.340 e. The molecule has 14 heteroatoms. The molecule has 1 aliphatic heterocycles. The van der Waals surface area contributed by atoms with Crippen molar-refractivity contribution < 1.29 is 26.0 Å². The van der Waals surface area contributed by atoms with Crippen molar-refractivity contribution in [2.45, 2.75) is 36.9 Å². The van der Waals surface area contributed by atoms with Crippen molar-refractivity contribution in [2.75, 3.05) is 43.4 Å². The maximum Gasteiger partial charge on any atom is 0.401 e. The topological polar surface area (TPSA) is 116 Å². The monoisotopic (exact) mass is 581 g/mol. The summed E-state index contributed by atoms with van der Waals surface area (Å²) in [6.45, 7) is 1.10. The largest absolute Gasteiger partial charge is 0.401 e. The van der Waals surface area contributed by atoms with Crippen LogP contribution in [0.5, 0.6) is 0 Å². The molecule has 0 bridgehead atoms. The summed E-state index contributed by atoms with van der Waals surface area (Å²) in [4.78, 5) is 9.91. The predicted octanol–water partition coefficient (Wildman–Crippen LogP) is 4.39. The quantitative estimate of drug-likeness (QED) is 0.302. The van der Waals surface area contributed by atoms with E-state index in [9.17, 15) is 26.0 Å². The number of aryl methyl sites for hydroxylation is 1. The number of piperidine rings is 1. The lowest BCUT2D eigenvalue weighted by Gasteiger charge is -2.37. The summed E-state index contributed by atoms with van der Waals surface area (Å²) >= 11 is 0. The minimum atomic E-state index is -4.30. The van der Waals surface area contributed by atoms with Gasteiger partial charge in [-0.1, -0.05) is 0 Å². The lowest BCUT2D eigenvalue weighted by Crippen LogP contribution is -2.50. The van der Waals surface area contributed by atoms with Crippen LogP contribution >= 0.6 is 0 Å². The van der Waals surface area contributed by atoms with E-state index in [2.05, 4.69) is 20.6 Å². The standard InChI is InChI=1S/C26H31F4N7O2S/c1-18-16-20(4-7-23(18)27)33-24-8-12-32-25(35-24)34-19-2-5-22(6-3-19)40(38,39)37(15-11-31)21-9-13-36(14-10-21)17-26(28,29)30/h2-8,12,16,21H,9-11,13-15,17,31H2,1H3,(H2,32,33,34,35). The molecule has 4 N–H and O–H groups in total. The number of rotatable bonds is 10. The smallest absolute Gasteiger partial charge is 0.340 e. The van der Waals surface area contributed by atoms with E-state index in [0.717, 1.165) is 0 Å². The van der Waals surface area contributed by atoms with Crippen LogP contribution in [-0.4, -0.2) is 72.5 Å². The molecule has 0 radical (unpaired) electrons. The SMILES string of the molecule is Cc1cc(Nc2ccnc(Nc3ccc(S(=O)(=O)N(CCN)C4CCN(CC(F)(F)F)CC4)cc3)n2)ccc1F. The molecular weight excluding hydrogens is 550 g/mol. The fourth-order valence-electron chi connectivity index (χ4n) is 4.58. The lowest BCUT2D eigenvalue weighted by molar-refractivity contribution is -0.148. The minimum absolute atomic E-state index is 0.0484. The summed E-state index contributed by atoms with van der Waals surface area (Å²) in [6, 6.07) is 11.9. The number of sulfonamides is 1. The average molecular weight is 582 g/mol. The molecule has 40 heavy (non-hydrogen) atoms. The average Bonchev–Trinajstić information content (AvgIpc) is 2.90. The van der Waals surface area contributed by atoms with Crippen LogP contribution in [0.25, 0.3) is 0 Å². The molecule has 1 fully saturated rings. The van der Waals surface area contributed by atoms with Gasteiger partial charge in [-0.15, -0.1) is 0 Å². The summed E-state index contributed by atoms with van der Waals surface area (Å²) in [5, 5.41) is 6.11. The van der Waals surface area contributed by atoms with Crippen molar-refractivity contribution >= 4 is 33.2 Å². The number of aromatic nitrogens is 2. The van der Waals surface area contributed by atoms with Gasteiger partial charge in [0, 0.05) is 49.8 Å². The Bertz CT molecular complexity index is 1400. The van der Waals surface area contributed by atoms with Gasteiger partial charge in [-0.05, 0) is 73.9 Å². The van der Waals surface area contributed by atoms with Gasteiger partial charge in [0.05, 0.1) is 11.4 Å². The van der Waals surface area contributed by atoms with Crippen LogP contribution in [0.1, 0.15) is 18.4 Å². The molecule has 1 aromatic heterocycles. The zero-order valence-electron chi connectivity index (χ0n) is 21.8. The highest BCUT2D eigenvalue weighted by Gasteiger charge is 2.36. The van der Waals surface area contributed by atoms with Gasteiger partial charge in [0.2, 0.25) is 16.0 Å². The Morgan fingerprint density at radius 2 is 1.73 bits per heavy atom. The first-order chi connectivity index (χ1) is 18.9. The molecule has 2 aromatic carbocycles. The molecule has 0 spiro atoms. The molecule has 0 aliphatic carbocycles. The number of anilines is 4. The Morgan fingerprint density at radius 1 is 1.05 bits per heavy atom. The van der Waals surface area contributed by atoms with E-state index in [1.807, 2.05) is 0 Å². The van der Waals surface area contributed by atoms with Gasteiger partial charge in [0.1, 0.15) is 11.6 Å². The van der Waals surface area contributed by atoms with Gasteiger partial charge in [-0.25, -0.2) is 17.8 Å². The van der Waals surface area contributed by atoms with Crippen molar-refractivity contribution in [3.63, 3.8) is 0 Å². The van der Waals surface area contributed by atoms with Crippen LogP contribution in [0, 0.1) is 12.7 Å². The summed E-state index contributed by atoms with van der Waals surface area (Å²) in [6.07, 6.45) is -2.18. The number of alkyl halides is 3. The van der Waals surface area contributed by atoms with Crippen molar-refractivity contribution in [1.29, 1.82) is 0 Å². The molecule has 0 unspecified atom stereocenters. The van der Waals surface area contributed by atoms with Crippen LogP contribution in [0.15, 0.2) is 59.6 Å². The first kappa shape index (κ1) is 29.6. The number of hydrogen-bond acceptors (Lipinski definition) is 8. The Morgan fingerprint density at radius 3 is 2.35 bits per heavy atom. The van der Waals surface area contributed by atoms with Crippen LogP contribution in [0.2, 0.25) is 0 Å². The van der Waals surface area contributed by atoms with Gasteiger partial charge in [0.25, 0.3) is 0 Å². The van der Waals surface area contributed by atoms with Gasteiger partial charge in [-0.3, -0.25) is 4.90 Å². The highest BCUT2D eigenvalue weighted by atomic mass is 32.2. The van der Waals surface area contributed by atoms with E-state index in [0.29, 0.717) is 22.8 Å². The molecule has 1 saturated heterocycles. The van der Waals surface area contributed by atoms with Crippen LogP contribution in [0.3, 0.4) is 0 Å². The number of nitrogens with one attached hydrogen (secondary N) is 2. The van der Waals surface area contributed by atoms with E-state index >= 15 is 0 Å². The van der Waals surface area contributed by atoms with Gasteiger partial charge in [-0.2, -0.15) is 22.5 Å². The number of benzene rings is 2. The molecule has 4 rings (SSSR count). The molecule has 3 aromatic rings. The second-order valence-corrected chi connectivity index (χ2v) is 11.4. The normalized spacial score (nSPS) is 15.4. The van der Waals surface area contributed by atoms with Crippen molar-refractivity contribution in [3.8, 4) is 0 Å².